The Balaban J connectivity index is 4.14. The van der Waals surface area contributed by atoms with Gasteiger partial charge in [-0.05, 0) is 74.6 Å². The van der Waals surface area contributed by atoms with E-state index in [-0.39, 0.29) is 6.17 Å². The summed E-state index contributed by atoms with van der Waals surface area (Å²) in [5.41, 5.74) is 6.37. The van der Waals surface area contributed by atoms with Crippen LogP contribution in [0.2, 0.25) is 0 Å². The first kappa shape index (κ1) is 19.8. The number of hydrogen-bond donors (Lipinski definition) is 1. The average Bonchev–Trinajstić information content (AvgIpc) is 2.33. The first-order valence-electron chi connectivity index (χ1n) is 7.76. The van der Waals surface area contributed by atoms with Gasteiger partial charge < -0.3 is 20.4 Å². The van der Waals surface area contributed by atoms with Crippen molar-refractivity contribution < 1.29 is 0 Å². The van der Waals surface area contributed by atoms with Gasteiger partial charge in [0.25, 0.3) is 0 Å². The summed E-state index contributed by atoms with van der Waals surface area (Å²) >= 11 is 0. The molecule has 20 heavy (non-hydrogen) atoms. The Morgan fingerprint density at radius 2 is 1.05 bits per heavy atom. The first-order valence-corrected chi connectivity index (χ1v) is 7.76. The molecule has 0 fully saturated rings. The van der Waals surface area contributed by atoms with Crippen LogP contribution in [0.3, 0.4) is 0 Å². The van der Waals surface area contributed by atoms with E-state index in [1.165, 1.54) is 12.8 Å². The van der Waals surface area contributed by atoms with Crippen molar-refractivity contribution in [1.29, 1.82) is 0 Å². The highest BCUT2D eigenvalue weighted by Crippen LogP contribution is 2.03. The van der Waals surface area contributed by atoms with Gasteiger partial charge in [0.05, 0.1) is 6.17 Å². The zero-order valence-electron chi connectivity index (χ0n) is 14.6. The molecule has 122 valence electrons. The van der Waals surface area contributed by atoms with Gasteiger partial charge in [0.1, 0.15) is 0 Å². The predicted molar refractivity (Wildman–Crippen MR) is 89.1 cm³/mol. The minimum Gasteiger partial charge on any atom is -0.316 e. The van der Waals surface area contributed by atoms with Crippen molar-refractivity contribution in [2.24, 2.45) is 5.73 Å². The molecule has 0 spiro atoms. The van der Waals surface area contributed by atoms with E-state index in [1.807, 2.05) is 0 Å². The summed E-state index contributed by atoms with van der Waals surface area (Å²) in [5, 5.41) is 0. The topological polar surface area (TPSA) is 39.0 Å². The van der Waals surface area contributed by atoms with Gasteiger partial charge in [0.15, 0.2) is 0 Å². The molecular weight excluding hydrogens is 250 g/mol. The quantitative estimate of drug-likeness (QED) is 0.527. The Bertz CT molecular complexity index is 204. The molecule has 0 aromatic carbocycles. The van der Waals surface area contributed by atoms with Gasteiger partial charge in [-0.1, -0.05) is 0 Å². The van der Waals surface area contributed by atoms with Gasteiger partial charge in [-0.25, -0.2) is 0 Å². The van der Waals surface area contributed by atoms with E-state index in [9.17, 15) is 0 Å². The summed E-state index contributed by atoms with van der Waals surface area (Å²) in [6.07, 6.45) is 3.59. The maximum atomic E-state index is 6.37. The lowest BCUT2D eigenvalue weighted by Crippen LogP contribution is -2.45. The van der Waals surface area contributed by atoms with E-state index in [1.54, 1.807) is 0 Å². The summed E-state index contributed by atoms with van der Waals surface area (Å²) in [6.45, 7) is 5.51. The second-order valence-corrected chi connectivity index (χ2v) is 6.51. The van der Waals surface area contributed by atoms with E-state index in [0.29, 0.717) is 0 Å². The van der Waals surface area contributed by atoms with Gasteiger partial charge in [-0.3, -0.25) is 4.90 Å². The minimum atomic E-state index is 0.182. The van der Waals surface area contributed by atoms with Crippen molar-refractivity contribution in [3.63, 3.8) is 0 Å². The van der Waals surface area contributed by atoms with Crippen LogP contribution in [0.25, 0.3) is 0 Å². The average molecular weight is 287 g/mol. The van der Waals surface area contributed by atoms with Crippen LogP contribution in [0.15, 0.2) is 0 Å². The molecule has 0 rings (SSSR count). The molecule has 0 bridgehead atoms. The number of rotatable bonds is 12. The third-order valence-corrected chi connectivity index (χ3v) is 3.44. The van der Waals surface area contributed by atoms with Crippen molar-refractivity contribution in [3.8, 4) is 0 Å². The van der Waals surface area contributed by atoms with Crippen LogP contribution in [0.1, 0.15) is 19.3 Å². The minimum absolute atomic E-state index is 0.182. The lowest BCUT2D eigenvalue weighted by Gasteiger charge is -2.30. The Hall–Kier alpha value is -0.200. The highest BCUT2D eigenvalue weighted by atomic mass is 15.2. The maximum absolute atomic E-state index is 6.37. The fraction of sp³-hybridized carbons (Fsp3) is 1.00. The molecular formula is C15H37N5. The number of nitrogens with zero attached hydrogens (tertiary/aromatic N) is 4. The molecule has 0 aliphatic carbocycles. The highest BCUT2D eigenvalue weighted by Gasteiger charge is 2.14. The second-order valence-electron chi connectivity index (χ2n) is 6.51. The maximum Gasteiger partial charge on any atom is 0.0584 e. The molecule has 0 aliphatic heterocycles. The molecule has 1 unspecified atom stereocenters. The van der Waals surface area contributed by atoms with Crippen LogP contribution in [-0.4, -0.2) is 101 Å². The molecule has 0 aromatic rings. The van der Waals surface area contributed by atoms with E-state index < -0.39 is 0 Å². The Labute approximate surface area is 126 Å². The van der Waals surface area contributed by atoms with E-state index in [2.05, 4.69) is 61.9 Å². The molecule has 5 nitrogen and oxygen atoms in total. The van der Waals surface area contributed by atoms with Crippen LogP contribution < -0.4 is 5.73 Å². The molecule has 0 heterocycles. The predicted octanol–water partition coefficient (Wildman–Crippen LogP) is 0.428. The third kappa shape index (κ3) is 11.6. The smallest absolute Gasteiger partial charge is 0.0584 e. The molecule has 0 aromatic heterocycles. The molecule has 0 saturated heterocycles. The summed E-state index contributed by atoms with van der Waals surface area (Å²) in [5.74, 6) is 0. The summed E-state index contributed by atoms with van der Waals surface area (Å²) < 4.78 is 0. The summed E-state index contributed by atoms with van der Waals surface area (Å²) in [7, 11) is 12.7. The van der Waals surface area contributed by atoms with Crippen LogP contribution >= 0.6 is 0 Å². The summed E-state index contributed by atoms with van der Waals surface area (Å²) in [6, 6.07) is 0. The lowest BCUT2D eigenvalue weighted by atomic mass is 10.2. The Kier molecular flexibility index (Phi) is 11.3. The largest absolute Gasteiger partial charge is 0.316 e. The van der Waals surface area contributed by atoms with Gasteiger partial charge in [-0.15, -0.1) is 0 Å². The second kappa shape index (κ2) is 11.5. The molecule has 0 radical (unpaired) electrons. The van der Waals surface area contributed by atoms with Crippen LogP contribution in [-0.2, 0) is 0 Å². The van der Waals surface area contributed by atoms with Crippen molar-refractivity contribution in [1.82, 2.24) is 19.6 Å². The van der Waals surface area contributed by atoms with E-state index in [0.717, 1.165) is 39.1 Å². The van der Waals surface area contributed by atoms with Crippen LogP contribution in [0, 0.1) is 0 Å². The van der Waals surface area contributed by atoms with E-state index >= 15 is 0 Å². The normalized spacial score (nSPS) is 13.9. The molecule has 0 aliphatic rings. The van der Waals surface area contributed by atoms with Crippen molar-refractivity contribution >= 4 is 0 Å². The van der Waals surface area contributed by atoms with Crippen molar-refractivity contribution in [2.45, 2.75) is 25.4 Å². The van der Waals surface area contributed by atoms with Crippen molar-refractivity contribution in [2.75, 3.05) is 75.0 Å². The SMILES string of the molecule is CN(C)CCCN(CCCN(C)C)C(N)CCN(C)C. The van der Waals surface area contributed by atoms with Gasteiger partial charge in [0.2, 0.25) is 0 Å². The molecule has 2 N–H and O–H groups in total. The highest BCUT2D eigenvalue weighted by molar-refractivity contribution is 4.68. The number of nitrogens with two attached hydrogens (primary N) is 1. The van der Waals surface area contributed by atoms with E-state index in [4.69, 9.17) is 5.73 Å². The van der Waals surface area contributed by atoms with Crippen LogP contribution in [0.5, 0.6) is 0 Å². The Morgan fingerprint density at radius 1 is 0.650 bits per heavy atom. The van der Waals surface area contributed by atoms with Crippen LogP contribution in [0.4, 0.5) is 0 Å². The zero-order valence-corrected chi connectivity index (χ0v) is 14.6. The molecule has 5 heteroatoms. The lowest BCUT2D eigenvalue weighted by molar-refractivity contribution is 0.164. The van der Waals surface area contributed by atoms with Gasteiger partial charge in [-0.2, -0.15) is 0 Å². The monoisotopic (exact) mass is 287 g/mol. The fourth-order valence-corrected chi connectivity index (χ4v) is 2.20. The fourth-order valence-electron chi connectivity index (χ4n) is 2.20. The number of hydrogen-bond acceptors (Lipinski definition) is 5. The first-order chi connectivity index (χ1) is 9.32. The molecule has 0 saturated carbocycles. The Morgan fingerprint density at radius 3 is 1.40 bits per heavy atom. The van der Waals surface area contributed by atoms with Crippen molar-refractivity contribution in [3.05, 3.63) is 0 Å². The summed E-state index contributed by atoms with van der Waals surface area (Å²) in [4.78, 5) is 9.14. The molecule has 0 amide bonds. The molecule has 1 atom stereocenters. The standard InChI is InChI=1S/C15H37N5/c1-17(2)10-7-12-20(13-8-11-18(3)4)15(16)9-14-19(5)6/h15H,7-14,16H2,1-6H3. The van der Waals surface area contributed by atoms with Gasteiger partial charge >= 0.3 is 0 Å². The zero-order chi connectivity index (χ0) is 15.5. The third-order valence-electron chi connectivity index (χ3n) is 3.44. The van der Waals surface area contributed by atoms with Gasteiger partial charge in [0, 0.05) is 19.6 Å².